The molecule has 3 aromatic rings. The van der Waals surface area contributed by atoms with Crippen molar-refractivity contribution in [1.82, 2.24) is 30.6 Å². The zero-order valence-electron chi connectivity index (χ0n) is 22.7. The van der Waals surface area contributed by atoms with E-state index >= 15 is 0 Å². The fourth-order valence-electron chi connectivity index (χ4n) is 3.40. The number of tetrazole rings is 1. The molecule has 0 spiro atoms. The third-order valence-electron chi connectivity index (χ3n) is 5.77. The van der Waals surface area contributed by atoms with Gasteiger partial charge < -0.3 is 20.3 Å². The molecule has 0 saturated carbocycles. The second-order valence-corrected chi connectivity index (χ2v) is 9.63. The molecule has 0 bridgehead atoms. The Morgan fingerprint density at radius 3 is 2.51 bits per heavy atom. The van der Waals surface area contributed by atoms with E-state index in [4.69, 9.17) is 26.8 Å². The maximum atomic E-state index is 14.3. The number of carbonyl (C=O) groups is 3. The number of aromatic nitrogens is 4. The van der Waals surface area contributed by atoms with Crippen molar-refractivity contribution in [3.8, 4) is 11.1 Å². The number of ether oxygens (including phenoxy) is 2. The van der Waals surface area contributed by atoms with Gasteiger partial charge >= 0.3 is 17.8 Å². The molecule has 0 fully saturated rings. The van der Waals surface area contributed by atoms with E-state index in [-0.39, 0.29) is 31.4 Å². The van der Waals surface area contributed by atoms with Crippen molar-refractivity contribution in [1.29, 1.82) is 0 Å². The first-order chi connectivity index (χ1) is 19.5. The minimum atomic E-state index is -1.56. The van der Waals surface area contributed by atoms with Crippen LogP contribution < -0.4 is 11.2 Å². The number of aliphatic hydroxyl groups is 1. The van der Waals surface area contributed by atoms with Crippen LogP contribution >= 0.6 is 11.6 Å². The Bertz CT molecular complexity index is 1350. The Morgan fingerprint density at radius 1 is 1.15 bits per heavy atom. The fraction of sp³-hybridized carbons (Fsp3) is 0.385. The van der Waals surface area contributed by atoms with E-state index in [0.29, 0.717) is 21.7 Å². The van der Waals surface area contributed by atoms with E-state index < -0.39 is 42.5 Å². The Balaban J connectivity index is 1.76. The number of halogens is 2. The number of hydrogen-bond acceptors (Lipinski definition) is 11. The molecule has 0 aliphatic heterocycles. The third-order valence-corrected chi connectivity index (χ3v) is 6.01. The van der Waals surface area contributed by atoms with Gasteiger partial charge in [-0.25, -0.2) is 14.6 Å². The lowest BCUT2D eigenvalue weighted by atomic mass is 10.0. The first-order valence-corrected chi connectivity index (χ1v) is 13.0. The monoisotopic (exact) mass is 591 g/mol. The normalized spacial score (nSPS) is 12.6. The van der Waals surface area contributed by atoms with Crippen LogP contribution in [-0.2, 0) is 32.3 Å². The molecule has 1 heterocycles. The number of amides is 1. The number of hydrazine groups is 1. The molecule has 4 N–H and O–H groups in total. The third kappa shape index (κ3) is 8.75. The maximum Gasteiger partial charge on any atom is 0.336 e. The summed E-state index contributed by atoms with van der Waals surface area (Å²) < 4.78 is 24.2. The molecule has 3 rings (SSSR count). The average Bonchev–Trinajstić information content (AvgIpc) is 3.43. The summed E-state index contributed by atoms with van der Waals surface area (Å²) in [6.45, 7) is 4.33. The Hall–Kier alpha value is -3.98. The topological polar surface area (TPSA) is 175 Å². The molecule has 2 aromatic carbocycles. The van der Waals surface area contributed by atoms with Crippen LogP contribution in [0.1, 0.15) is 37.0 Å². The van der Waals surface area contributed by atoms with E-state index in [0.717, 1.165) is 9.81 Å². The van der Waals surface area contributed by atoms with Crippen LogP contribution in [0.4, 0.5) is 4.39 Å². The minimum absolute atomic E-state index is 0.0672. The molecular formula is C26H31ClFN7O6. The molecule has 0 saturated heterocycles. The van der Waals surface area contributed by atoms with Crippen molar-refractivity contribution in [3.63, 3.8) is 0 Å². The fourth-order valence-corrected chi connectivity index (χ4v) is 3.58. The summed E-state index contributed by atoms with van der Waals surface area (Å²) in [5, 5.41) is 22.9. The number of nitrogens with one attached hydrogen (secondary N) is 1. The van der Waals surface area contributed by atoms with Gasteiger partial charge in [0.25, 0.3) is 5.82 Å². The van der Waals surface area contributed by atoms with Gasteiger partial charge in [-0.2, -0.15) is 0 Å². The summed E-state index contributed by atoms with van der Waals surface area (Å²) in [7, 11) is 0. The predicted octanol–water partition coefficient (Wildman–Crippen LogP) is 1.69. The van der Waals surface area contributed by atoms with Gasteiger partial charge in [-0.05, 0) is 47.4 Å². The van der Waals surface area contributed by atoms with Gasteiger partial charge in [0.05, 0.1) is 19.7 Å². The molecule has 2 atom stereocenters. The van der Waals surface area contributed by atoms with Crippen LogP contribution in [0.2, 0.25) is 5.02 Å². The molecule has 41 heavy (non-hydrogen) atoms. The summed E-state index contributed by atoms with van der Waals surface area (Å²) in [6.07, 6.45) is -1.56. The first-order valence-electron chi connectivity index (χ1n) is 12.6. The first kappa shape index (κ1) is 31.5. The lowest BCUT2D eigenvalue weighted by Crippen LogP contribution is -2.47. The Labute approximate surface area is 240 Å². The standard InChI is InChI=1S/C26H31ClFN7O6/c1-4-40-25(38)21(36)12-30-34(13-16-5-7-17(8-6-16)19-11-18(27)9-10-20(19)28)24(37)23-31-33-35(32-23)14-41-26(39)22(29)15(2)3/h5-11,15,21-22,30,36H,4,12-14,29H2,1-3H3/t21-,22+/m1/s1. The minimum Gasteiger partial charge on any atom is -0.464 e. The second kappa shape index (κ2) is 14.6. The van der Waals surface area contributed by atoms with Crippen molar-refractivity contribution in [3.05, 3.63) is 64.7 Å². The van der Waals surface area contributed by atoms with Crippen LogP contribution in [0.25, 0.3) is 11.1 Å². The number of rotatable bonds is 13. The van der Waals surface area contributed by atoms with Gasteiger partial charge in [0.1, 0.15) is 11.9 Å². The van der Waals surface area contributed by atoms with Crippen LogP contribution in [0.5, 0.6) is 0 Å². The summed E-state index contributed by atoms with van der Waals surface area (Å²) in [5.41, 5.74) is 9.93. The molecule has 220 valence electrons. The van der Waals surface area contributed by atoms with Gasteiger partial charge in [0.15, 0.2) is 6.10 Å². The number of esters is 2. The van der Waals surface area contributed by atoms with Crippen molar-refractivity contribution in [2.24, 2.45) is 11.7 Å². The van der Waals surface area contributed by atoms with E-state index in [2.05, 4.69) is 20.8 Å². The highest BCUT2D eigenvalue weighted by molar-refractivity contribution is 6.30. The molecule has 13 nitrogen and oxygen atoms in total. The molecule has 1 aromatic heterocycles. The van der Waals surface area contributed by atoms with Crippen LogP contribution in [-0.4, -0.2) is 73.5 Å². The zero-order chi connectivity index (χ0) is 30.1. The summed E-state index contributed by atoms with van der Waals surface area (Å²) in [6, 6.07) is 10.0. The zero-order valence-corrected chi connectivity index (χ0v) is 23.4. The van der Waals surface area contributed by atoms with Gasteiger partial charge in [-0.1, -0.05) is 49.7 Å². The molecular weight excluding hydrogens is 561 g/mol. The number of nitrogens with zero attached hydrogens (tertiary/aromatic N) is 5. The van der Waals surface area contributed by atoms with E-state index in [1.165, 1.54) is 18.2 Å². The lowest BCUT2D eigenvalue weighted by molar-refractivity contribution is -0.153. The molecule has 0 aliphatic rings. The van der Waals surface area contributed by atoms with Gasteiger partial charge in [0, 0.05) is 10.6 Å². The highest BCUT2D eigenvalue weighted by atomic mass is 35.5. The summed E-state index contributed by atoms with van der Waals surface area (Å²) in [5.74, 6) is -3.24. The Kier molecular flexibility index (Phi) is 11.2. The Morgan fingerprint density at radius 2 is 1.85 bits per heavy atom. The number of aliphatic hydroxyl groups excluding tert-OH is 1. The second-order valence-electron chi connectivity index (χ2n) is 9.19. The average molecular weight is 592 g/mol. The maximum absolute atomic E-state index is 14.3. The van der Waals surface area contributed by atoms with Crippen molar-refractivity contribution in [2.75, 3.05) is 13.2 Å². The highest BCUT2D eigenvalue weighted by Crippen LogP contribution is 2.26. The van der Waals surface area contributed by atoms with Crippen LogP contribution in [0.3, 0.4) is 0 Å². The SMILES string of the molecule is CCOC(=O)[C@H](O)CNN(Cc1ccc(-c2cc(Cl)ccc2F)cc1)C(=O)c1nnn(COC(=O)[C@@H](N)C(C)C)n1. The number of benzene rings is 2. The van der Waals surface area contributed by atoms with E-state index in [1.807, 2.05) is 0 Å². The highest BCUT2D eigenvalue weighted by Gasteiger charge is 2.25. The number of hydrogen-bond donors (Lipinski definition) is 3. The van der Waals surface area contributed by atoms with Gasteiger partial charge in [-0.3, -0.25) is 14.6 Å². The number of nitrogens with two attached hydrogens (primary N) is 1. The summed E-state index contributed by atoms with van der Waals surface area (Å²) >= 11 is 6.00. The lowest BCUT2D eigenvalue weighted by Gasteiger charge is -2.23. The number of carbonyl (C=O) groups excluding carboxylic acids is 3. The molecule has 15 heteroatoms. The van der Waals surface area contributed by atoms with Crippen LogP contribution in [0, 0.1) is 11.7 Å². The van der Waals surface area contributed by atoms with E-state index in [9.17, 15) is 23.9 Å². The summed E-state index contributed by atoms with van der Waals surface area (Å²) in [4.78, 5) is 38.0. The molecule has 1 amide bonds. The van der Waals surface area contributed by atoms with Crippen molar-refractivity contribution < 1.29 is 33.4 Å². The smallest absolute Gasteiger partial charge is 0.336 e. The van der Waals surface area contributed by atoms with Crippen molar-refractivity contribution >= 4 is 29.4 Å². The molecule has 0 radical (unpaired) electrons. The van der Waals surface area contributed by atoms with Crippen LogP contribution in [0.15, 0.2) is 42.5 Å². The van der Waals surface area contributed by atoms with Gasteiger partial charge in [-0.15, -0.1) is 15.0 Å². The molecule has 0 aliphatic carbocycles. The van der Waals surface area contributed by atoms with Gasteiger partial charge in [0.2, 0.25) is 6.73 Å². The van der Waals surface area contributed by atoms with Crippen molar-refractivity contribution in [2.45, 2.75) is 46.2 Å². The quantitative estimate of drug-likeness (QED) is 0.195. The van der Waals surface area contributed by atoms with E-state index in [1.54, 1.807) is 45.0 Å². The predicted molar refractivity (Wildman–Crippen MR) is 144 cm³/mol. The molecule has 0 unspecified atom stereocenters. The largest absolute Gasteiger partial charge is 0.464 e.